The number of nitrogens with one attached hydrogen (secondary N) is 1. The minimum absolute atomic E-state index is 0.0938. The van der Waals surface area contributed by atoms with Gasteiger partial charge in [0.2, 0.25) is 5.91 Å². The summed E-state index contributed by atoms with van der Waals surface area (Å²) in [6, 6.07) is 11.5. The fraction of sp³-hybridized carbons (Fsp3) is 0.318. The number of benzene rings is 2. The number of rotatable bonds is 6. The van der Waals surface area contributed by atoms with Gasteiger partial charge in [-0.2, -0.15) is 0 Å². The van der Waals surface area contributed by atoms with E-state index >= 15 is 0 Å². The number of carbonyl (C=O) groups is 1. The number of nitrogens with zero attached hydrogens (tertiary/aromatic N) is 2. The van der Waals surface area contributed by atoms with Gasteiger partial charge >= 0.3 is 0 Å². The van der Waals surface area contributed by atoms with E-state index in [2.05, 4.69) is 15.3 Å². The van der Waals surface area contributed by atoms with Crippen LogP contribution in [0.1, 0.15) is 37.7 Å². The average Bonchev–Trinajstić information content (AvgIpc) is 3.15. The predicted octanol–water partition coefficient (Wildman–Crippen LogP) is 6.89. The smallest absolute Gasteiger partial charge is 0.230 e. The van der Waals surface area contributed by atoms with Crippen molar-refractivity contribution in [1.82, 2.24) is 10.3 Å². The number of halogens is 2. The van der Waals surface area contributed by atoms with Crippen LogP contribution in [0.25, 0.3) is 10.2 Å². The molecule has 8 heteroatoms. The SMILES string of the molecule is O=C(CSc1nc2ccc(N=Cc3ccc(Cl)cc3Cl)cc2s1)NC1CCCCC1. The molecule has 0 bridgehead atoms. The number of amides is 1. The molecule has 0 atom stereocenters. The molecule has 1 heterocycles. The van der Waals surface area contributed by atoms with Gasteiger partial charge in [-0.15, -0.1) is 11.3 Å². The van der Waals surface area contributed by atoms with Crippen molar-refractivity contribution in [2.45, 2.75) is 42.5 Å². The largest absolute Gasteiger partial charge is 0.353 e. The Labute approximate surface area is 194 Å². The zero-order valence-corrected chi connectivity index (χ0v) is 19.4. The van der Waals surface area contributed by atoms with E-state index in [9.17, 15) is 4.79 Å². The maximum absolute atomic E-state index is 12.2. The van der Waals surface area contributed by atoms with Crippen LogP contribution in [0.4, 0.5) is 5.69 Å². The van der Waals surface area contributed by atoms with E-state index in [1.807, 2.05) is 24.3 Å². The monoisotopic (exact) mass is 477 g/mol. The van der Waals surface area contributed by atoms with Gasteiger partial charge in [0, 0.05) is 22.8 Å². The van der Waals surface area contributed by atoms with Crippen LogP contribution in [0, 0.1) is 0 Å². The van der Waals surface area contributed by atoms with E-state index in [4.69, 9.17) is 23.2 Å². The lowest BCUT2D eigenvalue weighted by molar-refractivity contribution is -0.119. The topological polar surface area (TPSA) is 54.4 Å². The first-order valence-corrected chi connectivity index (χ1v) is 12.4. The molecule has 1 fully saturated rings. The van der Waals surface area contributed by atoms with Gasteiger partial charge in [0.05, 0.1) is 26.7 Å². The first kappa shape index (κ1) is 21.6. The van der Waals surface area contributed by atoms with Gasteiger partial charge < -0.3 is 5.32 Å². The Morgan fingerprint density at radius 1 is 1.20 bits per heavy atom. The first-order chi connectivity index (χ1) is 14.6. The van der Waals surface area contributed by atoms with Crippen molar-refractivity contribution in [2.75, 3.05) is 5.75 Å². The second kappa shape index (κ2) is 10.1. The summed E-state index contributed by atoms with van der Waals surface area (Å²) in [7, 11) is 0. The van der Waals surface area contributed by atoms with Crippen molar-refractivity contribution in [3.8, 4) is 0 Å². The van der Waals surface area contributed by atoms with E-state index in [-0.39, 0.29) is 5.91 Å². The second-order valence-corrected chi connectivity index (χ2v) is 10.3. The lowest BCUT2D eigenvalue weighted by atomic mass is 9.95. The van der Waals surface area contributed by atoms with Gasteiger partial charge in [-0.1, -0.05) is 60.3 Å². The summed E-state index contributed by atoms with van der Waals surface area (Å²) in [4.78, 5) is 21.4. The highest BCUT2D eigenvalue weighted by Crippen LogP contribution is 2.32. The van der Waals surface area contributed by atoms with Crippen LogP contribution in [-0.4, -0.2) is 28.9 Å². The zero-order valence-electron chi connectivity index (χ0n) is 16.2. The molecule has 1 saturated carbocycles. The number of aromatic nitrogens is 1. The maximum atomic E-state index is 12.2. The van der Waals surface area contributed by atoms with Crippen LogP contribution < -0.4 is 5.32 Å². The lowest BCUT2D eigenvalue weighted by Gasteiger charge is -2.22. The van der Waals surface area contributed by atoms with Crippen molar-refractivity contribution in [2.24, 2.45) is 4.99 Å². The normalized spacial score (nSPS) is 15.1. The highest BCUT2D eigenvalue weighted by Gasteiger charge is 2.16. The minimum atomic E-state index is 0.0938. The molecule has 0 unspecified atom stereocenters. The van der Waals surface area contributed by atoms with Crippen LogP contribution in [0.3, 0.4) is 0 Å². The molecule has 1 aliphatic rings. The number of thiazole rings is 1. The summed E-state index contributed by atoms with van der Waals surface area (Å²) in [5, 5.41) is 4.31. The third kappa shape index (κ3) is 5.76. The van der Waals surface area contributed by atoms with E-state index in [0.717, 1.165) is 38.6 Å². The third-order valence-electron chi connectivity index (χ3n) is 4.96. The molecule has 156 valence electrons. The molecule has 0 saturated heterocycles. The fourth-order valence-corrected chi connectivity index (χ4v) is 5.80. The standard InChI is InChI=1S/C22H21Cl2N3OS2/c23-15-7-6-14(18(24)10-15)12-25-17-8-9-19-20(11-17)30-22(27-19)29-13-21(28)26-16-4-2-1-3-5-16/h6-12,16H,1-5,13H2,(H,26,28). The molecule has 1 amide bonds. The highest BCUT2D eigenvalue weighted by atomic mass is 35.5. The molecule has 0 aliphatic heterocycles. The second-order valence-electron chi connectivity index (χ2n) is 7.25. The Balaban J connectivity index is 1.38. The molecule has 0 radical (unpaired) electrons. The molecule has 1 N–H and O–H groups in total. The van der Waals surface area contributed by atoms with Crippen LogP contribution in [-0.2, 0) is 4.79 Å². The number of thioether (sulfide) groups is 1. The highest BCUT2D eigenvalue weighted by molar-refractivity contribution is 8.01. The van der Waals surface area contributed by atoms with Crippen LogP contribution in [0.2, 0.25) is 10.0 Å². The molecule has 1 aliphatic carbocycles. The number of carbonyl (C=O) groups excluding carboxylic acids is 1. The molecular weight excluding hydrogens is 457 g/mol. The molecule has 3 aromatic rings. The summed E-state index contributed by atoms with van der Waals surface area (Å²) >= 11 is 15.2. The van der Waals surface area contributed by atoms with E-state index in [1.54, 1.807) is 29.7 Å². The van der Waals surface area contributed by atoms with E-state index in [1.165, 1.54) is 31.0 Å². The molecule has 30 heavy (non-hydrogen) atoms. The number of fused-ring (bicyclic) bond motifs is 1. The zero-order chi connectivity index (χ0) is 20.9. The van der Waals surface area contributed by atoms with Crippen molar-refractivity contribution < 1.29 is 4.79 Å². The quantitative estimate of drug-likeness (QED) is 0.310. The Morgan fingerprint density at radius 2 is 2.03 bits per heavy atom. The van der Waals surface area contributed by atoms with Gasteiger partial charge in [0.1, 0.15) is 0 Å². The Hall–Kier alpha value is -1.60. The van der Waals surface area contributed by atoms with Gasteiger partial charge in [-0.05, 0) is 43.2 Å². The average molecular weight is 478 g/mol. The van der Waals surface area contributed by atoms with E-state index < -0.39 is 0 Å². The minimum Gasteiger partial charge on any atom is -0.353 e. The molecule has 2 aromatic carbocycles. The maximum Gasteiger partial charge on any atom is 0.230 e. The van der Waals surface area contributed by atoms with Gasteiger partial charge in [0.25, 0.3) is 0 Å². The first-order valence-electron chi connectivity index (χ1n) is 9.89. The van der Waals surface area contributed by atoms with E-state index in [0.29, 0.717) is 21.8 Å². The predicted molar refractivity (Wildman–Crippen MR) is 129 cm³/mol. The van der Waals surface area contributed by atoms with Gasteiger partial charge in [-0.3, -0.25) is 9.79 Å². The Kier molecular flexibility index (Phi) is 7.31. The Morgan fingerprint density at radius 3 is 2.83 bits per heavy atom. The molecule has 4 nitrogen and oxygen atoms in total. The van der Waals surface area contributed by atoms with Gasteiger partial charge in [0.15, 0.2) is 4.34 Å². The summed E-state index contributed by atoms with van der Waals surface area (Å²) in [6.07, 6.45) is 7.64. The summed E-state index contributed by atoms with van der Waals surface area (Å²) in [6.45, 7) is 0. The lowest BCUT2D eigenvalue weighted by Crippen LogP contribution is -2.37. The third-order valence-corrected chi connectivity index (χ3v) is 7.69. The molecule has 0 spiro atoms. The van der Waals surface area contributed by atoms with Crippen molar-refractivity contribution in [3.63, 3.8) is 0 Å². The number of hydrogen-bond donors (Lipinski definition) is 1. The summed E-state index contributed by atoms with van der Waals surface area (Å²) in [5.41, 5.74) is 2.55. The molecule has 1 aromatic heterocycles. The van der Waals surface area contributed by atoms with Crippen LogP contribution in [0.5, 0.6) is 0 Å². The number of hydrogen-bond acceptors (Lipinski definition) is 5. The molecule has 4 rings (SSSR count). The van der Waals surface area contributed by atoms with Crippen LogP contribution in [0.15, 0.2) is 45.7 Å². The summed E-state index contributed by atoms with van der Waals surface area (Å²) < 4.78 is 1.94. The fourth-order valence-electron chi connectivity index (χ4n) is 3.43. The Bertz CT molecular complexity index is 1080. The number of aliphatic imine (C=N–C) groups is 1. The van der Waals surface area contributed by atoms with Gasteiger partial charge in [-0.25, -0.2) is 4.98 Å². The summed E-state index contributed by atoms with van der Waals surface area (Å²) in [5.74, 6) is 0.493. The van der Waals surface area contributed by atoms with Crippen molar-refractivity contribution >= 4 is 74.3 Å². The van der Waals surface area contributed by atoms with Crippen molar-refractivity contribution in [3.05, 3.63) is 52.0 Å². The van der Waals surface area contributed by atoms with Crippen LogP contribution >= 0.6 is 46.3 Å². The molecular formula is C22H21Cl2N3OS2. The van der Waals surface area contributed by atoms with Crippen molar-refractivity contribution in [1.29, 1.82) is 0 Å².